The van der Waals surface area contributed by atoms with Gasteiger partial charge >= 0.3 is 0 Å². The van der Waals surface area contributed by atoms with Crippen molar-refractivity contribution in [3.05, 3.63) is 83.2 Å². The van der Waals surface area contributed by atoms with Crippen molar-refractivity contribution in [1.82, 2.24) is 10.3 Å². The van der Waals surface area contributed by atoms with E-state index in [1.165, 1.54) is 6.07 Å². The van der Waals surface area contributed by atoms with Gasteiger partial charge < -0.3 is 5.32 Å². The molecule has 0 aliphatic rings. The number of benzene rings is 2. The first-order valence-electron chi connectivity index (χ1n) is 10.3. The predicted octanol–water partition coefficient (Wildman–Crippen LogP) is 4.73. The fourth-order valence-electron chi connectivity index (χ4n) is 3.24. The van der Waals surface area contributed by atoms with E-state index in [9.17, 15) is 13.2 Å². The molecule has 1 heterocycles. The summed E-state index contributed by atoms with van der Waals surface area (Å²) in [6.45, 7) is 7.94. The number of nitrogens with zero attached hydrogens (tertiary/aromatic N) is 1. The molecular formula is C25H28N2O3S. The number of rotatable bonds is 7. The van der Waals surface area contributed by atoms with Gasteiger partial charge in [-0.15, -0.1) is 0 Å². The molecule has 1 N–H and O–H groups in total. The second-order valence-electron chi connectivity index (χ2n) is 8.28. The second kappa shape index (κ2) is 9.43. The largest absolute Gasteiger partial charge is 0.348 e. The highest BCUT2D eigenvalue weighted by atomic mass is 32.2. The van der Waals surface area contributed by atoms with Crippen molar-refractivity contribution in [2.75, 3.05) is 5.75 Å². The van der Waals surface area contributed by atoms with E-state index in [1.54, 1.807) is 18.3 Å². The van der Waals surface area contributed by atoms with Gasteiger partial charge in [-0.2, -0.15) is 0 Å². The molecule has 0 unspecified atom stereocenters. The summed E-state index contributed by atoms with van der Waals surface area (Å²) in [5, 5.41) is 2.87. The first kappa shape index (κ1) is 22.7. The summed E-state index contributed by atoms with van der Waals surface area (Å²) in [6, 6.07) is 16.5. The van der Waals surface area contributed by atoms with Gasteiger partial charge in [0.2, 0.25) is 0 Å². The molecule has 31 heavy (non-hydrogen) atoms. The molecule has 0 saturated carbocycles. The predicted molar refractivity (Wildman–Crippen MR) is 124 cm³/mol. The number of hydrogen-bond acceptors (Lipinski definition) is 4. The van der Waals surface area contributed by atoms with Crippen LogP contribution in [0.5, 0.6) is 0 Å². The zero-order chi connectivity index (χ0) is 22.6. The number of aryl methyl sites for hydroxylation is 2. The number of nitrogens with one attached hydrogen (secondary N) is 1. The summed E-state index contributed by atoms with van der Waals surface area (Å²) in [4.78, 5) is 17.3. The van der Waals surface area contributed by atoms with Crippen LogP contribution >= 0.6 is 0 Å². The van der Waals surface area contributed by atoms with Gasteiger partial charge in [-0.3, -0.25) is 9.78 Å². The van der Waals surface area contributed by atoms with Gasteiger partial charge in [0, 0.05) is 24.0 Å². The minimum Gasteiger partial charge on any atom is -0.348 e. The quantitative estimate of drug-likeness (QED) is 0.581. The van der Waals surface area contributed by atoms with Crippen LogP contribution in [-0.4, -0.2) is 25.1 Å². The first-order valence-corrected chi connectivity index (χ1v) is 11.9. The van der Waals surface area contributed by atoms with Crippen LogP contribution < -0.4 is 5.32 Å². The zero-order valence-corrected chi connectivity index (χ0v) is 19.2. The SMILES string of the molecule is Cc1ccc(-c2cc(C(=O)NCc3ccc(C)nc3)cc(S(=O)(=O)CC(C)C)c2)cc1. The van der Waals surface area contributed by atoms with Crippen LogP contribution in [0.15, 0.2) is 65.7 Å². The van der Waals surface area contributed by atoms with E-state index in [2.05, 4.69) is 10.3 Å². The van der Waals surface area contributed by atoms with Crippen molar-refractivity contribution in [2.24, 2.45) is 5.92 Å². The molecule has 1 aromatic heterocycles. The first-order chi connectivity index (χ1) is 14.6. The number of amides is 1. The number of hydrogen-bond donors (Lipinski definition) is 1. The molecule has 0 bridgehead atoms. The number of pyridine rings is 1. The molecule has 0 spiro atoms. The van der Waals surface area contributed by atoms with Crippen molar-refractivity contribution in [3.63, 3.8) is 0 Å². The Bertz CT molecular complexity index is 1170. The summed E-state index contributed by atoms with van der Waals surface area (Å²) in [7, 11) is -3.52. The second-order valence-corrected chi connectivity index (χ2v) is 10.3. The molecule has 0 radical (unpaired) electrons. The molecule has 0 aliphatic carbocycles. The highest BCUT2D eigenvalue weighted by Gasteiger charge is 2.20. The van der Waals surface area contributed by atoms with Crippen molar-refractivity contribution in [3.8, 4) is 11.1 Å². The molecule has 0 fully saturated rings. The average molecular weight is 437 g/mol. The van der Waals surface area contributed by atoms with E-state index in [0.717, 1.165) is 22.4 Å². The Morgan fingerprint density at radius 3 is 2.29 bits per heavy atom. The van der Waals surface area contributed by atoms with Crippen LogP contribution in [0.3, 0.4) is 0 Å². The Labute approximate surface area is 184 Å². The highest BCUT2D eigenvalue weighted by Crippen LogP contribution is 2.26. The third-order valence-corrected chi connectivity index (χ3v) is 6.95. The highest BCUT2D eigenvalue weighted by molar-refractivity contribution is 7.91. The summed E-state index contributed by atoms with van der Waals surface area (Å²) in [5.41, 5.74) is 4.77. The molecule has 162 valence electrons. The maximum atomic E-state index is 12.9. The average Bonchev–Trinajstić information content (AvgIpc) is 2.72. The number of aromatic nitrogens is 1. The minimum absolute atomic E-state index is 0.0145. The standard InChI is InChI=1S/C25H28N2O3S/c1-17(2)16-31(29,30)24-12-22(21-9-5-18(3)6-10-21)11-23(13-24)25(28)27-15-20-8-7-19(4)26-14-20/h5-14,17H,15-16H2,1-4H3,(H,27,28). The molecule has 2 aromatic carbocycles. The third-order valence-electron chi connectivity index (χ3n) is 4.89. The molecule has 1 amide bonds. The van der Waals surface area contributed by atoms with Crippen LogP contribution in [0.2, 0.25) is 0 Å². The number of sulfone groups is 1. The molecular weight excluding hydrogens is 408 g/mol. The Kier molecular flexibility index (Phi) is 6.91. The van der Waals surface area contributed by atoms with E-state index in [-0.39, 0.29) is 22.5 Å². The lowest BCUT2D eigenvalue weighted by Crippen LogP contribution is -2.23. The molecule has 3 aromatic rings. The van der Waals surface area contributed by atoms with Gasteiger partial charge in [-0.25, -0.2) is 8.42 Å². The number of carbonyl (C=O) groups excluding carboxylic acids is 1. The summed E-state index contributed by atoms with van der Waals surface area (Å²) in [6.07, 6.45) is 1.72. The summed E-state index contributed by atoms with van der Waals surface area (Å²) < 4.78 is 25.9. The molecule has 6 heteroatoms. The van der Waals surface area contributed by atoms with Crippen LogP contribution in [-0.2, 0) is 16.4 Å². The van der Waals surface area contributed by atoms with Crippen LogP contribution in [0.1, 0.15) is 41.0 Å². The van der Waals surface area contributed by atoms with Crippen LogP contribution in [0.4, 0.5) is 0 Å². The Morgan fingerprint density at radius 2 is 1.68 bits per heavy atom. The van der Waals surface area contributed by atoms with Crippen molar-refractivity contribution >= 4 is 15.7 Å². The fraction of sp³-hybridized carbons (Fsp3) is 0.280. The van der Waals surface area contributed by atoms with E-state index in [0.29, 0.717) is 17.7 Å². The Morgan fingerprint density at radius 1 is 0.968 bits per heavy atom. The lowest BCUT2D eigenvalue weighted by Gasteiger charge is -2.13. The topological polar surface area (TPSA) is 76.1 Å². The smallest absolute Gasteiger partial charge is 0.251 e. The third kappa shape index (κ3) is 6.01. The van der Waals surface area contributed by atoms with E-state index in [4.69, 9.17) is 0 Å². The zero-order valence-electron chi connectivity index (χ0n) is 18.3. The maximum absolute atomic E-state index is 12.9. The lowest BCUT2D eigenvalue weighted by atomic mass is 10.0. The minimum atomic E-state index is -3.52. The number of carbonyl (C=O) groups is 1. The van der Waals surface area contributed by atoms with Gasteiger partial charge in [-0.1, -0.05) is 49.7 Å². The van der Waals surface area contributed by atoms with Crippen molar-refractivity contribution in [1.29, 1.82) is 0 Å². The normalized spacial score (nSPS) is 11.5. The van der Waals surface area contributed by atoms with Gasteiger partial charge in [0.25, 0.3) is 5.91 Å². The van der Waals surface area contributed by atoms with E-state index >= 15 is 0 Å². The van der Waals surface area contributed by atoms with Crippen molar-refractivity contribution in [2.45, 2.75) is 39.1 Å². The fourth-order valence-corrected chi connectivity index (χ4v) is 4.93. The molecule has 0 aliphatic heterocycles. The monoisotopic (exact) mass is 436 g/mol. The Hall–Kier alpha value is -2.99. The molecule has 0 saturated heterocycles. The van der Waals surface area contributed by atoms with Gasteiger partial charge in [0.15, 0.2) is 9.84 Å². The molecule has 0 atom stereocenters. The van der Waals surface area contributed by atoms with Crippen molar-refractivity contribution < 1.29 is 13.2 Å². The maximum Gasteiger partial charge on any atom is 0.251 e. The molecule has 3 rings (SSSR count). The van der Waals surface area contributed by atoms with E-state index in [1.807, 2.05) is 64.1 Å². The van der Waals surface area contributed by atoms with Gasteiger partial charge in [0.05, 0.1) is 10.6 Å². The van der Waals surface area contributed by atoms with Gasteiger partial charge in [-0.05, 0) is 60.7 Å². The van der Waals surface area contributed by atoms with E-state index < -0.39 is 9.84 Å². The summed E-state index contributed by atoms with van der Waals surface area (Å²) >= 11 is 0. The lowest BCUT2D eigenvalue weighted by molar-refractivity contribution is 0.0950. The Balaban J connectivity index is 1.96. The van der Waals surface area contributed by atoms with Gasteiger partial charge in [0.1, 0.15) is 0 Å². The van der Waals surface area contributed by atoms with Crippen LogP contribution in [0, 0.1) is 19.8 Å². The van der Waals surface area contributed by atoms with Crippen LogP contribution in [0.25, 0.3) is 11.1 Å². The molecule has 5 nitrogen and oxygen atoms in total. The summed E-state index contributed by atoms with van der Waals surface area (Å²) in [5.74, 6) is -0.310.